The highest BCUT2D eigenvalue weighted by Crippen LogP contribution is 2.39. The van der Waals surface area contributed by atoms with Crippen molar-refractivity contribution in [1.29, 1.82) is 0 Å². The maximum absolute atomic E-state index is 6.18. The van der Waals surface area contributed by atoms with Crippen LogP contribution in [0.4, 0.5) is 5.69 Å². The molecule has 2 N–H and O–H groups in total. The van der Waals surface area contributed by atoms with E-state index in [0.29, 0.717) is 0 Å². The molecule has 0 saturated heterocycles. The normalized spacial score (nSPS) is 11.7. The number of ether oxygens (including phenoxy) is 3. The molecule has 0 amide bonds. The lowest BCUT2D eigenvalue weighted by molar-refractivity contribution is 0.404. The van der Waals surface area contributed by atoms with Crippen molar-refractivity contribution in [3.05, 3.63) is 83.9 Å². The van der Waals surface area contributed by atoms with Gasteiger partial charge in [0.1, 0.15) is 28.4 Å². The molecule has 0 bridgehead atoms. The Kier molecular flexibility index (Phi) is 8.06. The van der Waals surface area contributed by atoms with Crippen molar-refractivity contribution >= 4 is 27.6 Å². The Balaban J connectivity index is 0.000000186. The van der Waals surface area contributed by atoms with Crippen molar-refractivity contribution < 1.29 is 18.6 Å². The second-order valence-electron chi connectivity index (χ2n) is 12.0. The molecule has 1 aromatic heterocycles. The second kappa shape index (κ2) is 11.2. The molecule has 0 aliphatic rings. The van der Waals surface area contributed by atoms with Crippen LogP contribution in [-0.2, 0) is 10.8 Å². The average molecular weight is 540 g/mol. The zero-order valence-corrected chi connectivity index (χ0v) is 25.1. The number of rotatable bonds is 4. The van der Waals surface area contributed by atoms with Gasteiger partial charge in [-0.3, -0.25) is 0 Å². The highest BCUT2D eigenvalue weighted by atomic mass is 16.5. The number of nitrogens with two attached hydrogens (primary N) is 1. The zero-order chi connectivity index (χ0) is 29.2. The molecule has 0 saturated carbocycles. The summed E-state index contributed by atoms with van der Waals surface area (Å²) in [6.45, 7) is 13.2. The average Bonchev–Trinajstić information content (AvgIpc) is 3.29. The van der Waals surface area contributed by atoms with E-state index >= 15 is 0 Å². The monoisotopic (exact) mass is 539 g/mol. The van der Waals surface area contributed by atoms with Crippen molar-refractivity contribution in [3.8, 4) is 28.4 Å². The molecule has 0 radical (unpaired) electrons. The van der Waals surface area contributed by atoms with Gasteiger partial charge in [-0.1, -0.05) is 53.7 Å². The Hall–Kier alpha value is -4.12. The van der Waals surface area contributed by atoms with Crippen molar-refractivity contribution in [1.82, 2.24) is 0 Å². The van der Waals surface area contributed by atoms with Gasteiger partial charge in [0.05, 0.1) is 21.3 Å². The van der Waals surface area contributed by atoms with E-state index in [1.165, 1.54) is 11.1 Å². The van der Waals surface area contributed by atoms with E-state index in [-0.39, 0.29) is 10.8 Å². The van der Waals surface area contributed by atoms with E-state index in [0.717, 1.165) is 56.0 Å². The van der Waals surface area contributed by atoms with Crippen molar-refractivity contribution in [2.24, 2.45) is 0 Å². The molecule has 1 heterocycles. The molecule has 0 aliphatic heterocycles. The molecule has 0 atom stereocenters. The van der Waals surface area contributed by atoms with E-state index in [1.54, 1.807) is 21.3 Å². The van der Waals surface area contributed by atoms with E-state index in [4.69, 9.17) is 24.4 Å². The van der Waals surface area contributed by atoms with E-state index in [1.807, 2.05) is 42.5 Å². The first-order valence-electron chi connectivity index (χ1n) is 13.5. The number of nitrogen functional groups attached to an aromatic ring is 1. The molecule has 4 aromatic carbocycles. The topological polar surface area (TPSA) is 66.9 Å². The van der Waals surface area contributed by atoms with Crippen LogP contribution < -0.4 is 19.9 Å². The van der Waals surface area contributed by atoms with E-state index < -0.39 is 0 Å². The fourth-order valence-electron chi connectivity index (χ4n) is 4.63. The number of furan rings is 1. The van der Waals surface area contributed by atoms with Gasteiger partial charge >= 0.3 is 0 Å². The summed E-state index contributed by atoms with van der Waals surface area (Å²) in [6.07, 6.45) is 0. The maximum atomic E-state index is 6.18. The summed E-state index contributed by atoms with van der Waals surface area (Å²) in [4.78, 5) is 0. The highest BCUT2D eigenvalue weighted by molar-refractivity contribution is 6.05. The van der Waals surface area contributed by atoms with Gasteiger partial charge < -0.3 is 24.4 Å². The lowest BCUT2D eigenvalue weighted by Crippen LogP contribution is -2.11. The molecule has 0 unspecified atom stereocenters. The molecular formula is C35H41NO4. The Morgan fingerprint density at radius 3 is 1.68 bits per heavy atom. The van der Waals surface area contributed by atoms with Gasteiger partial charge in [0.15, 0.2) is 0 Å². The van der Waals surface area contributed by atoms with Crippen LogP contribution in [0, 0.1) is 0 Å². The zero-order valence-electron chi connectivity index (χ0n) is 25.1. The van der Waals surface area contributed by atoms with Gasteiger partial charge in [0.25, 0.3) is 0 Å². The fourth-order valence-corrected chi connectivity index (χ4v) is 4.63. The molecule has 5 heteroatoms. The molecule has 0 spiro atoms. The largest absolute Gasteiger partial charge is 0.497 e. The fraction of sp³-hybridized carbons (Fsp3) is 0.314. The van der Waals surface area contributed by atoms with Crippen LogP contribution in [0.2, 0.25) is 0 Å². The summed E-state index contributed by atoms with van der Waals surface area (Å²) in [5.74, 6) is 2.43. The predicted octanol–water partition coefficient (Wildman–Crippen LogP) is 9.14. The van der Waals surface area contributed by atoms with Crippen molar-refractivity contribution in [3.63, 3.8) is 0 Å². The van der Waals surface area contributed by atoms with E-state index in [2.05, 4.69) is 71.9 Å². The quantitative estimate of drug-likeness (QED) is 0.231. The van der Waals surface area contributed by atoms with Gasteiger partial charge in [-0.25, -0.2) is 0 Å². The standard InChI is InChI=1S/C18H23NO2.C17H18O2/c1-18(2,3)12-6-8-16(19)14(10-12)15-11-13(20-4)7-9-17(15)21-5;1-17(2,3)11-5-7-15-13(9-11)14-10-12(18-4)6-8-16(14)19-15/h6-11H,19H2,1-5H3;5-10H,1-4H3. The molecule has 5 rings (SSSR count). The van der Waals surface area contributed by atoms with Crippen LogP contribution in [0.5, 0.6) is 17.2 Å². The maximum Gasteiger partial charge on any atom is 0.135 e. The van der Waals surface area contributed by atoms with Crippen LogP contribution in [0.15, 0.2) is 77.2 Å². The van der Waals surface area contributed by atoms with Crippen LogP contribution in [0.25, 0.3) is 33.1 Å². The summed E-state index contributed by atoms with van der Waals surface area (Å²) in [5.41, 5.74) is 13.4. The minimum absolute atomic E-state index is 0.0640. The van der Waals surface area contributed by atoms with Crippen LogP contribution in [-0.4, -0.2) is 21.3 Å². The third kappa shape index (κ3) is 6.04. The highest BCUT2D eigenvalue weighted by Gasteiger charge is 2.18. The summed E-state index contributed by atoms with van der Waals surface area (Å²) in [7, 11) is 5.00. The molecule has 5 nitrogen and oxygen atoms in total. The Bertz CT molecular complexity index is 1630. The first-order chi connectivity index (χ1) is 18.8. The Labute approximate surface area is 237 Å². The smallest absolute Gasteiger partial charge is 0.135 e. The third-order valence-electron chi connectivity index (χ3n) is 7.16. The first kappa shape index (κ1) is 28.9. The number of hydrogen-bond donors (Lipinski definition) is 1. The lowest BCUT2D eigenvalue weighted by atomic mass is 9.85. The SMILES string of the molecule is COc1ccc(OC)c(-c2cc(C(C)(C)C)ccc2N)c1.COc1ccc2oc3ccc(C(C)(C)C)cc3c2c1. The number of benzene rings is 4. The van der Waals surface area contributed by atoms with Crippen molar-refractivity contribution in [2.45, 2.75) is 52.4 Å². The molecular weight excluding hydrogens is 498 g/mol. The minimum Gasteiger partial charge on any atom is -0.497 e. The summed E-state index contributed by atoms with van der Waals surface area (Å²) < 4.78 is 21.9. The third-order valence-corrected chi connectivity index (χ3v) is 7.16. The van der Waals surface area contributed by atoms with Crippen LogP contribution in [0.1, 0.15) is 52.7 Å². The Morgan fingerprint density at radius 2 is 1.07 bits per heavy atom. The van der Waals surface area contributed by atoms with Crippen LogP contribution >= 0.6 is 0 Å². The predicted molar refractivity (Wildman–Crippen MR) is 167 cm³/mol. The van der Waals surface area contributed by atoms with Gasteiger partial charge in [-0.15, -0.1) is 0 Å². The van der Waals surface area contributed by atoms with Crippen LogP contribution in [0.3, 0.4) is 0 Å². The number of hydrogen-bond acceptors (Lipinski definition) is 5. The molecule has 40 heavy (non-hydrogen) atoms. The summed E-state index contributed by atoms with van der Waals surface area (Å²) in [5, 5.41) is 2.27. The van der Waals surface area contributed by atoms with Gasteiger partial charge in [-0.05, 0) is 82.6 Å². The molecule has 0 fully saturated rings. The number of anilines is 1. The first-order valence-corrected chi connectivity index (χ1v) is 13.5. The number of fused-ring (bicyclic) bond motifs is 3. The van der Waals surface area contributed by atoms with Crippen molar-refractivity contribution in [2.75, 3.05) is 27.1 Å². The molecule has 210 valence electrons. The molecule has 5 aromatic rings. The van der Waals surface area contributed by atoms with Gasteiger partial charge in [0.2, 0.25) is 0 Å². The summed E-state index contributed by atoms with van der Waals surface area (Å²) >= 11 is 0. The lowest BCUT2D eigenvalue weighted by Gasteiger charge is -2.21. The Morgan fingerprint density at radius 1 is 0.550 bits per heavy atom. The number of methoxy groups -OCH3 is 3. The molecule has 0 aliphatic carbocycles. The second-order valence-corrected chi connectivity index (χ2v) is 12.0. The van der Waals surface area contributed by atoms with Gasteiger partial charge in [0, 0.05) is 27.6 Å². The minimum atomic E-state index is 0.0640. The van der Waals surface area contributed by atoms with E-state index in [9.17, 15) is 0 Å². The summed E-state index contributed by atoms with van der Waals surface area (Å²) in [6, 6.07) is 24.2. The van der Waals surface area contributed by atoms with Gasteiger partial charge in [-0.2, -0.15) is 0 Å².